The third-order valence-corrected chi connectivity index (χ3v) is 3.93. The molecule has 0 radical (unpaired) electrons. The number of anilines is 1. The summed E-state index contributed by atoms with van der Waals surface area (Å²) in [6.07, 6.45) is 3.47. The lowest BCUT2D eigenvalue weighted by atomic mass is 10.4. The van der Waals surface area contributed by atoms with Crippen LogP contribution in [-0.4, -0.2) is 14.5 Å². The highest BCUT2D eigenvalue weighted by Crippen LogP contribution is 2.16. The van der Waals surface area contributed by atoms with Gasteiger partial charge in [0, 0.05) is 11.4 Å². The van der Waals surface area contributed by atoms with Crippen molar-refractivity contribution in [3.63, 3.8) is 0 Å². The number of nitrogens with two attached hydrogens (primary N) is 1. The van der Waals surface area contributed by atoms with Crippen LogP contribution in [0.5, 0.6) is 0 Å². The van der Waals surface area contributed by atoms with Gasteiger partial charge in [-0.3, -0.25) is 0 Å². The molecule has 0 amide bonds. The zero-order valence-corrected chi connectivity index (χ0v) is 15.5. The average molecular weight is 424 g/mol. The van der Waals surface area contributed by atoms with Gasteiger partial charge in [0.05, 0.1) is 23.8 Å². The summed E-state index contributed by atoms with van der Waals surface area (Å²) in [6.45, 7) is 4.18. The summed E-state index contributed by atoms with van der Waals surface area (Å²) in [5.41, 5.74) is 9.59. The van der Waals surface area contributed by atoms with E-state index >= 15 is 0 Å². The number of nitrogens with zero attached hydrogens (tertiary/aromatic N) is 3. The van der Waals surface area contributed by atoms with Crippen LogP contribution in [0.3, 0.4) is 0 Å². The zero-order chi connectivity index (χ0) is 16.1. The van der Waals surface area contributed by atoms with Gasteiger partial charge in [0.2, 0.25) is 0 Å². The molecule has 0 fully saturated rings. The van der Waals surface area contributed by atoms with E-state index in [2.05, 4.69) is 78.4 Å². The molecule has 0 aromatic carbocycles. The fraction of sp³-hybridized carbons (Fsp3) is 0.125. The molecule has 0 unspecified atom stereocenters. The molecule has 3 heterocycles. The zero-order valence-electron chi connectivity index (χ0n) is 12.3. The Morgan fingerprint density at radius 2 is 1.36 bits per heavy atom. The van der Waals surface area contributed by atoms with Crippen LogP contribution in [0.1, 0.15) is 11.4 Å². The molecular weight excluding hydrogens is 408 g/mol. The summed E-state index contributed by atoms with van der Waals surface area (Å²) in [7, 11) is 0. The highest BCUT2D eigenvalue weighted by atomic mass is 79.9. The van der Waals surface area contributed by atoms with Crippen LogP contribution in [0.4, 0.5) is 5.69 Å². The Morgan fingerprint density at radius 1 is 0.818 bits per heavy atom. The van der Waals surface area contributed by atoms with Crippen LogP contribution in [0.15, 0.2) is 58.0 Å². The Hall–Kier alpha value is -1.66. The van der Waals surface area contributed by atoms with E-state index < -0.39 is 0 Å². The number of nitrogen functional groups attached to an aromatic ring is 1. The first kappa shape index (κ1) is 16.7. The van der Waals surface area contributed by atoms with E-state index in [0.717, 1.165) is 14.9 Å². The van der Waals surface area contributed by atoms with Crippen molar-refractivity contribution in [3.8, 4) is 5.69 Å². The standard InChI is InChI=1S/C11H11BrN2.C5H5BrN2/c1-8-3-4-9(2)14(8)10-5-6-11(12)13-7-10;6-5-2-1-4(7)3-8-5/h3-7H,1-2H3;1-3H,7H2. The van der Waals surface area contributed by atoms with E-state index in [1.54, 1.807) is 18.3 Å². The van der Waals surface area contributed by atoms with Crippen molar-refractivity contribution in [2.45, 2.75) is 13.8 Å². The first-order chi connectivity index (χ1) is 10.5. The second-order valence-corrected chi connectivity index (χ2v) is 6.33. The predicted molar refractivity (Wildman–Crippen MR) is 97.1 cm³/mol. The van der Waals surface area contributed by atoms with Gasteiger partial charge < -0.3 is 10.3 Å². The SMILES string of the molecule is Cc1ccc(C)n1-c1ccc(Br)nc1.Nc1ccc(Br)nc1. The van der Waals surface area contributed by atoms with E-state index in [0.29, 0.717) is 5.69 Å². The second kappa shape index (κ2) is 7.56. The summed E-state index contributed by atoms with van der Waals surface area (Å²) in [5, 5.41) is 0. The lowest BCUT2D eigenvalue weighted by Crippen LogP contribution is -1.98. The molecule has 0 aliphatic carbocycles. The molecule has 2 N–H and O–H groups in total. The smallest absolute Gasteiger partial charge is 0.106 e. The Kier molecular flexibility index (Phi) is 5.74. The van der Waals surface area contributed by atoms with Crippen molar-refractivity contribution in [1.82, 2.24) is 14.5 Å². The molecule has 0 aliphatic heterocycles. The number of pyridine rings is 2. The molecular formula is C16H16Br2N4. The highest BCUT2D eigenvalue weighted by molar-refractivity contribution is 9.10. The topological polar surface area (TPSA) is 56.7 Å². The Labute approximate surface area is 146 Å². The van der Waals surface area contributed by atoms with Crippen molar-refractivity contribution in [2.24, 2.45) is 0 Å². The van der Waals surface area contributed by atoms with Gasteiger partial charge in [-0.15, -0.1) is 0 Å². The van der Waals surface area contributed by atoms with Crippen molar-refractivity contribution in [1.29, 1.82) is 0 Å². The van der Waals surface area contributed by atoms with E-state index in [4.69, 9.17) is 5.73 Å². The van der Waals surface area contributed by atoms with Gasteiger partial charge in [-0.1, -0.05) is 0 Å². The summed E-state index contributed by atoms with van der Waals surface area (Å²) in [6, 6.07) is 11.8. The monoisotopic (exact) mass is 422 g/mol. The Morgan fingerprint density at radius 3 is 1.77 bits per heavy atom. The fourth-order valence-electron chi connectivity index (χ4n) is 1.96. The second-order valence-electron chi connectivity index (χ2n) is 4.70. The molecule has 114 valence electrons. The number of aromatic nitrogens is 3. The van der Waals surface area contributed by atoms with Crippen LogP contribution >= 0.6 is 31.9 Å². The van der Waals surface area contributed by atoms with Gasteiger partial charge in [-0.2, -0.15) is 0 Å². The van der Waals surface area contributed by atoms with Crippen molar-refractivity contribution in [2.75, 3.05) is 5.73 Å². The minimum Gasteiger partial charge on any atom is -0.397 e. The molecule has 0 aliphatic rings. The molecule has 0 spiro atoms. The molecule has 22 heavy (non-hydrogen) atoms. The number of hydrogen-bond acceptors (Lipinski definition) is 3. The summed E-state index contributed by atoms with van der Waals surface area (Å²) in [5.74, 6) is 0. The summed E-state index contributed by atoms with van der Waals surface area (Å²) in [4.78, 5) is 8.08. The van der Waals surface area contributed by atoms with Gasteiger partial charge >= 0.3 is 0 Å². The average Bonchev–Trinajstić information content (AvgIpc) is 2.83. The molecule has 3 aromatic heterocycles. The predicted octanol–water partition coefficient (Wildman–Crippen LogP) is 4.68. The number of rotatable bonds is 1. The Bertz CT molecular complexity index is 693. The van der Waals surface area contributed by atoms with Crippen LogP contribution in [0.2, 0.25) is 0 Å². The maximum Gasteiger partial charge on any atom is 0.106 e. The van der Waals surface area contributed by atoms with Crippen molar-refractivity contribution in [3.05, 3.63) is 69.4 Å². The van der Waals surface area contributed by atoms with Crippen molar-refractivity contribution < 1.29 is 0 Å². The minimum absolute atomic E-state index is 0.688. The largest absolute Gasteiger partial charge is 0.397 e. The summed E-state index contributed by atoms with van der Waals surface area (Å²) < 4.78 is 3.86. The molecule has 0 saturated carbocycles. The normalized spacial score (nSPS) is 10.0. The van der Waals surface area contributed by atoms with E-state index in [-0.39, 0.29) is 0 Å². The molecule has 3 rings (SSSR count). The molecule has 6 heteroatoms. The van der Waals surface area contributed by atoms with Gasteiger partial charge in [-0.25, -0.2) is 9.97 Å². The van der Waals surface area contributed by atoms with Crippen molar-refractivity contribution >= 4 is 37.5 Å². The van der Waals surface area contributed by atoms with Gasteiger partial charge in [0.1, 0.15) is 9.21 Å². The van der Waals surface area contributed by atoms with Crippen LogP contribution in [0.25, 0.3) is 5.69 Å². The molecule has 0 saturated heterocycles. The maximum atomic E-state index is 5.34. The molecule has 0 bridgehead atoms. The fourth-order valence-corrected chi connectivity index (χ4v) is 2.43. The number of halogens is 2. The third-order valence-electron chi connectivity index (χ3n) is 2.99. The van der Waals surface area contributed by atoms with Gasteiger partial charge in [0.15, 0.2) is 0 Å². The first-order valence-corrected chi connectivity index (χ1v) is 8.20. The molecule has 3 aromatic rings. The van der Waals surface area contributed by atoms with Gasteiger partial charge in [0.25, 0.3) is 0 Å². The Balaban J connectivity index is 0.000000188. The first-order valence-electron chi connectivity index (χ1n) is 6.61. The lowest BCUT2D eigenvalue weighted by molar-refractivity contribution is 0.953. The van der Waals surface area contributed by atoms with E-state index in [1.165, 1.54) is 11.4 Å². The lowest BCUT2D eigenvalue weighted by Gasteiger charge is -2.08. The van der Waals surface area contributed by atoms with Crippen LogP contribution in [-0.2, 0) is 0 Å². The molecule has 4 nitrogen and oxygen atoms in total. The highest BCUT2D eigenvalue weighted by Gasteiger charge is 2.03. The minimum atomic E-state index is 0.688. The van der Waals surface area contributed by atoms with Crippen LogP contribution in [0, 0.1) is 13.8 Å². The molecule has 0 atom stereocenters. The maximum absolute atomic E-state index is 5.34. The third kappa shape index (κ3) is 4.42. The number of hydrogen-bond donors (Lipinski definition) is 1. The van der Waals surface area contributed by atoms with E-state index in [9.17, 15) is 0 Å². The summed E-state index contributed by atoms with van der Waals surface area (Å²) >= 11 is 6.50. The quantitative estimate of drug-likeness (QED) is 0.578. The number of aryl methyl sites for hydroxylation is 2. The van der Waals surface area contributed by atoms with Crippen LogP contribution < -0.4 is 5.73 Å². The van der Waals surface area contributed by atoms with E-state index in [1.807, 2.05) is 12.3 Å². The van der Waals surface area contributed by atoms with Gasteiger partial charge in [-0.05, 0) is 82.1 Å².